The van der Waals surface area contributed by atoms with Crippen LogP contribution in [0.2, 0.25) is 0 Å². The summed E-state index contributed by atoms with van der Waals surface area (Å²) in [4.78, 5) is 11.9. The zero-order valence-corrected chi connectivity index (χ0v) is 12.0. The van der Waals surface area contributed by atoms with E-state index in [4.69, 9.17) is 5.26 Å². The van der Waals surface area contributed by atoms with E-state index in [0.29, 0.717) is 12.3 Å². The molecule has 20 heavy (non-hydrogen) atoms. The van der Waals surface area contributed by atoms with Gasteiger partial charge in [0, 0.05) is 12.1 Å². The second-order valence-corrected chi connectivity index (χ2v) is 5.83. The second kappa shape index (κ2) is 5.92. The van der Waals surface area contributed by atoms with Gasteiger partial charge in [-0.2, -0.15) is 5.26 Å². The van der Waals surface area contributed by atoms with Crippen molar-refractivity contribution in [3.8, 4) is 6.07 Å². The fourth-order valence-electron chi connectivity index (χ4n) is 2.35. The molecule has 0 bridgehead atoms. The smallest absolute Gasteiger partial charge is 0.224 e. The van der Waals surface area contributed by atoms with E-state index >= 15 is 0 Å². The van der Waals surface area contributed by atoms with E-state index < -0.39 is 5.41 Å². The van der Waals surface area contributed by atoms with Crippen LogP contribution in [0.5, 0.6) is 0 Å². The van der Waals surface area contributed by atoms with Crippen molar-refractivity contribution in [3.05, 3.63) is 42.0 Å². The van der Waals surface area contributed by atoms with Crippen LogP contribution >= 0.6 is 0 Å². The first-order chi connectivity index (χ1) is 9.51. The summed E-state index contributed by atoms with van der Waals surface area (Å²) in [6.45, 7) is 3.76. The Morgan fingerprint density at radius 1 is 1.40 bits per heavy atom. The first kappa shape index (κ1) is 14.3. The van der Waals surface area contributed by atoms with Gasteiger partial charge < -0.3 is 5.32 Å². The Morgan fingerprint density at radius 3 is 2.65 bits per heavy atom. The molecule has 104 valence electrons. The maximum atomic E-state index is 11.9. The summed E-state index contributed by atoms with van der Waals surface area (Å²) < 4.78 is 0. The molecule has 1 aliphatic carbocycles. The van der Waals surface area contributed by atoms with E-state index in [0.717, 1.165) is 24.1 Å². The maximum absolute atomic E-state index is 11.9. The van der Waals surface area contributed by atoms with Crippen LogP contribution in [0.25, 0.3) is 0 Å². The summed E-state index contributed by atoms with van der Waals surface area (Å²) >= 11 is 0. The zero-order valence-electron chi connectivity index (χ0n) is 12.0. The topological polar surface area (TPSA) is 52.9 Å². The summed E-state index contributed by atoms with van der Waals surface area (Å²) in [5.41, 5.74) is 1.24. The van der Waals surface area contributed by atoms with Crippen molar-refractivity contribution in [2.24, 2.45) is 5.92 Å². The fourth-order valence-corrected chi connectivity index (χ4v) is 2.35. The van der Waals surface area contributed by atoms with Crippen molar-refractivity contribution in [1.29, 1.82) is 5.26 Å². The highest BCUT2D eigenvalue weighted by Crippen LogP contribution is 2.24. The van der Waals surface area contributed by atoms with E-state index in [9.17, 15) is 4.79 Å². The highest BCUT2D eigenvalue weighted by Gasteiger charge is 2.19. The predicted octanol–water partition coefficient (Wildman–Crippen LogP) is 3.78. The number of amides is 1. The Kier molecular flexibility index (Phi) is 4.24. The summed E-state index contributed by atoms with van der Waals surface area (Å²) in [6, 6.07) is 9.78. The van der Waals surface area contributed by atoms with E-state index in [1.165, 1.54) is 0 Å². The summed E-state index contributed by atoms with van der Waals surface area (Å²) in [5, 5.41) is 12.0. The number of anilines is 1. The van der Waals surface area contributed by atoms with Crippen LogP contribution in [-0.2, 0) is 10.2 Å². The average Bonchev–Trinajstić information content (AvgIpc) is 2.92. The van der Waals surface area contributed by atoms with Gasteiger partial charge in [-0.15, -0.1) is 0 Å². The van der Waals surface area contributed by atoms with E-state index in [1.807, 2.05) is 38.1 Å². The second-order valence-electron chi connectivity index (χ2n) is 5.83. The van der Waals surface area contributed by atoms with Gasteiger partial charge in [0.15, 0.2) is 0 Å². The Morgan fingerprint density at radius 2 is 2.10 bits per heavy atom. The minimum absolute atomic E-state index is 0.0499. The molecule has 1 atom stereocenters. The van der Waals surface area contributed by atoms with Crippen molar-refractivity contribution < 1.29 is 4.79 Å². The molecule has 0 spiro atoms. The number of hydrogen-bond acceptors (Lipinski definition) is 2. The highest BCUT2D eigenvalue weighted by atomic mass is 16.1. The Balaban J connectivity index is 1.95. The van der Waals surface area contributed by atoms with E-state index in [-0.39, 0.29) is 5.91 Å². The molecule has 0 radical (unpaired) electrons. The van der Waals surface area contributed by atoms with Gasteiger partial charge in [0.1, 0.15) is 0 Å². The molecule has 1 aliphatic rings. The number of nitrogens with zero attached hydrogens (tertiary/aromatic N) is 1. The molecule has 1 unspecified atom stereocenters. The van der Waals surface area contributed by atoms with Crippen molar-refractivity contribution in [2.45, 2.75) is 38.5 Å². The number of carbonyl (C=O) groups is 1. The number of hydrogen-bond donors (Lipinski definition) is 1. The molecule has 0 heterocycles. The van der Waals surface area contributed by atoms with Gasteiger partial charge in [-0.25, -0.2) is 0 Å². The monoisotopic (exact) mass is 268 g/mol. The first-order valence-corrected chi connectivity index (χ1v) is 6.99. The fraction of sp³-hybridized carbons (Fsp3) is 0.412. The summed E-state index contributed by atoms with van der Waals surface area (Å²) in [7, 11) is 0. The average molecular weight is 268 g/mol. The molecule has 1 amide bonds. The third-order valence-corrected chi connectivity index (χ3v) is 3.73. The lowest BCUT2D eigenvalue weighted by Gasteiger charge is -2.16. The minimum atomic E-state index is -0.503. The van der Waals surface area contributed by atoms with Crippen molar-refractivity contribution in [1.82, 2.24) is 0 Å². The maximum Gasteiger partial charge on any atom is 0.224 e. The van der Waals surface area contributed by atoms with Gasteiger partial charge in [-0.3, -0.25) is 4.79 Å². The van der Waals surface area contributed by atoms with Crippen LogP contribution in [-0.4, -0.2) is 5.91 Å². The lowest BCUT2D eigenvalue weighted by molar-refractivity contribution is -0.116. The molecule has 0 fully saturated rings. The Labute approximate surface area is 120 Å². The third kappa shape index (κ3) is 3.48. The molecule has 0 saturated carbocycles. The molecular weight excluding hydrogens is 248 g/mol. The first-order valence-electron chi connectivity index (χ1n) is 6.99. The van der Waals surface area contributed by atoms with Crippen LogP contribution in [0.1, 0.15) is 38.7 Å². The molecule has 3 nitrogen and oxygen atoms in total. The van der Waals surface area contributed by atoms with Gasteiger partial charge in [0.25, 0.3) is 0 Å². The number of nitrogens with one attached hydrogen (secondary N) is 1. The number of carbonyl (C=O) groups excluding carboxylic acids is 1. The number of nitriles is 1. The quantitative estimate of drug-likeness (QED) is 0.845. The lowest BCUT2D eigenvalue weighted by Crippen LogP contribution is -2.16. The Hall–Kier alpha value is -2.08. The molecular formula is C17H20N2O. The van der Waals surface area contributed by atoms with Crippen molar-refractivity contribution in [3.63, 3.8) is 0 Å². The lowest BCUT2D eigenvalue weighted by atomic mass is 9.86. The van der Waals surface area contributed by atoms with E-state index in [2.05, 4.69) is 23.5 Å². The molecule has 0 aliphatic heterocycles. The number of allylic oxidation sites excluding steroid dienone is 2. The standard InChI is InChI=1S/C17H20N2O/c1-17(2,12-18)14-7-9-15(10-8-14)19-16(20)11-13-5-3-4-6-13/h3,5,7-10,13H,4,6,11H2,1-2H3,(H,19,20). The SMILES string of the molecule is CC(C)(C#N)c1ccc(NC(=O)CC2C=CCC2)cc1. The minimum Gasteiger partial charge on any atom is -0.326 e. The molecule has 0 saturated heterocycles. The van der Waals surface area contributed by atoms with Crippen LogP contribution in [0.4, 0.5) is 5.69 Å². The van der Waals surface area contributed by atoms with Gasteiger partial charge in [0.05, 0.1) is 11.5 Å². The van der Waals surface area contributed by atoms with Crippen LogP contribution in [0.3, 0.4) is 0 Å². The van der Waals surface area contributed by atoms with Crippen LogP contribution < -0.4 is 5.32 Å². The number of rotatable bonds is 4. The normalized spacial score (nSPS) is 17.8. The molecule has 3 heteroatoms. The third-order valence-electron chi connectivity index (χ3n) is 3.73. The largest absolute Gasteiger partial charge is 0.326 e. The van der Waals surface area contributed by atoms with Crippen LogP contribution in [0, 0.1) is 17.2 Å². The van der Waals surface area contributed by atoms with E-state index in [1.54, 1.807) is 0 Å². The van der Waals surface area contributed by atoms with Crippen LogP contribution in [0.15, 0.2) is 36.4 Å². The molecule has 0 aromatic heterocycles. The molecule has 1 aromatic rings. The molecule has 1 N–H and O–H groups in total. The van der Waals surface area contributed by atoms with Gasteiger partial charge in [-0.1, -0.05) is 24.3 Å². The zero-order chi connectivity index (χ0) is 14.6. The molecule has 1 aromatic carbocycles. The summed E-state index contributed by atoms with van der Waals surface area (Å²) in [5.74, 6) is 0.431. The number of benzene rings is 1. The van der Waals surface area contributed by atoms with Gasteiger partial charge in [-0.05, 0) is 50.3 Å². The van der Waals surface area contributed by atoms with Crippen molar-refractivity contribution >= 4 is 11.6 Å². The summed E-state index contributed by atoms with van der Waals surface area (Å²) in [6.07, 6.45) is 6.95. The Bertz CT molecular complexity index is 549. The van der Waals surface area contributed by atoms with Gasteiger partial charge in [0.2, 0.25) is 5.91 Å². The van der Waals surface area contributed by atoms with Gasteiger partial charge >= 0.3 is 0 Å². The molecule has 2 rings (SSSR count). The van der Waals surface area contributed by atoms with Crippen molar-refractivity contribution in [2.75, 3.05) is 5.32 Å². The predicted molar refractivity (Wildman–Crippen MR) is 80.2 cm³/mol. The highest BCUT2D eigenvalue weighted by molar-refractivity contribution is 5.91.